The van der Waals surface area contributed by atoms with Crippen molar-refractivity contribution in [3.63, 3.8) is 0 Å². The zero-order chi connectivity index (χ0) is 24.0. The molecule has 0 aliphatic carbocycles. The van der Waals surface area contributed by atoms with Crippen LogP contribution in [0.25, 0.3) is 21.8 Å². The predicted octanol–water partition coefficient (Wildman–Crippen LogP) is 3.26. The zero-order valence-corrected chi connectivity index (χ0v) is 18.4. The highest BCUT2D eigenvalue weighted by Crippen LogP contribution is 2.32. The monoisotopic (exact) mass is 469 g/mol. The van der Waals surface area contributed by atoms with Gasteiger partial charge in [-0.05, 0) is 24.3 Å². The van der Waals surface area contributed by atoms with Crippen LogP contribution in [0.4, 0.5) is 18.9 Å². The molecule has 10 heteroatoms. The summed E-state index contributed by atoms with van der Waals surface area (Å²) >= 11 is 0. The molecule has 0 spiro atoms. The number of aromatic nitrogens is 3. The van der Waals surface area contributed by atoms with Crippen LogP contribution in [-0.2, 0) is 24.6 Å². The minimum Gasteiger partial charge on any atom is -0.368 e. The topological polar surface area (TPSA) is 63.4 Å². The van der Waals surface area contributed by atoms with Crippen molar-refractivity contribution < 1.29 is 18.0 Å². The maximum atomic E-state index is 13.1. The van der Waals surface area contributed by atoms with E-state index in [0.717, 1.165) is 28.4 Å². The Morgan fingerprint density at radius 2 is 1.74 bits per heavy atom. The number of amides is 1. The highest BCUT2D eigenvalue weighted by Gasteiger charge is 2.31. The number of nitrogens with zero attached hydrogens (tertiary/aromatic N) is 5. The van der Waals surface area contributed by atoms with Crippen molar-refractivity contribution in [3.8, 4) is 0 Å². The van der Waals surface area contributed by atoms with Crippen molar-refractivity contribution in [2.24, 2.45) is 7.05 Å². The third-order valence-corrected chi connectivity index (χ3v) is 6.37. The van der Waals surface area contributed by atoms with Crippen LogP contribution in [0.15, 0.2) is 59.5 Å². The Bertz CT molecular complexity index is 1450. The molecule has 0 radical (unpaired) electrons. The van der Waals surface area contributed by atoms with Gasteiger partial charge in [-0.1, -0.05) is 24.3 Å². The second kappa shape index (κ2) is 8.19. The maximum Gasteiger partial charge on any atom is 0.416 e. The maximum absolute atomic E-state index is 13.1. The Labute approximate surface area is 192 Å². The fraction of sp³-hybridized carbons (Fsp3) is 0.292. The molecular formula is C24H22F3N5O2. The summed E-state index contributed by atoms with van der Waals surface area (Å²) in [6.45, 7) is 1.30. The largest absolute Gasteiger partial charge is 0.416 e. The standard InChI is InChI=1S/C24H22F3N5O2/c1-29-20-8-3-2-7-18(20)19-14-28-32(23(34)22(19)29)15-21(33)31-11-9-30(10-12-31)17-6-4-5-16(13-17)24(25,26)27/h2-8,13-14H,9-12,15H2,1H3. The number of piperazine rings is 1. The quantitative estimate of drug-likeness (QED) is 0.462. The van der Waals surface area contributed by atoms with Gasteiger partial charge in [-0.25, -0.2) is 4.68 Å². The molecule has 1 aliphatic rings. The summed E-state index contributed by atoms with van der Waals surface area (Å²) in [7, 11) is 1.81. The Balaban J connectivity index is 1.31. The van der Waals surface area contributed by atoms with E-state index in [1.165, 1.54) is 10.7 Å². The van der Waals surface area contributed by atoms with Gasteiger partial charge in [0.25, 0.3) is 5.56 Å². The van der Waals surface area contributed by atoms with Gasteiger partial charge in [-0.2, -0.15) is 18.3 Å². The molecule has 0 N–H and O–H groups in total. The molecule has 2 aromatic carbocycles. The minimum atomic E-state index is -4.40. The van der Waals surface area contributed by atoms with Crippen LogP contribution >= 0.6 is 0 Å². The van der Waals surface area contributed by atoms with E-state index in [2.05, 4.69) is 5.10 Å². The van der Waals surface area contributed by atoms with Crippen molar-refractivity contribution in [1.82, 2.24) is 19.2 Å². The SMILES string of the molecule is Cn1c2ccccc2c2cnn(CC(=O)N3CCN(c4cccc(C(F)(F)F)c4)CC3)c(=O)c21. The zero-order valence-electron chi connectivity index (χ0n) is 18.4. The van der Waals surface area contributed by atoms with Crippen LogP contribution in [-0.4, -0.2) is 51.3 Å². The Kier molecular flexibility index (Phi) is 5.30. The number of benzene rings is 2. The summed E-state index contributed by atoms with van der Waals surface area (Å²) in [5.74, 6) is -0.253. The number of anilines is 1. The summed E-state index contributed by atoms with van der Waals surface area (Å²) < 4.78 is 42.0. The molecule has 0 bridgehead atoms. The summed E-state index contributed by atoms with van der Waals surface area (Å²) in [4.78, 5) is 29.4. The number of hydrogen-bond acceptors (Lipinski definition) is 4. The number of hydrogen-bond donors (Lipinski definition) is 0. The second-order valence-electron chi connectivity index (χ2n) is 8.36. The lowest BCUT2D eigenvalue weighted by Gasteiger charge is -2.36. The smallest absolute Gasteiger partial charge is 0.368 e. The van der Waals surface area contributed by atoms with Crippen LogP contribution in [0, 0.1) is 0 Å². The lowest BCUT2D eigenvalue weighted by Crippen LogP contribution is -2.50. The van der Waals surface area contributed by atoms with Crippen molar-refractivity contribution in [2.45, 2.75) is 12.7 Å². The molecule has 4 aromatic rings. The number of carbonyl (C=O) groups is 1. The molecule has 1 fully saturated rings. The average Bonchev–Trinajstić information content (AvgIpc) is 3.13. The van der Waals surface area contributed by atoms with Crippen LogP contribution in [0.1, 0.15) is 5.56 Å². The molecule has 0 unspecified atom stereocenters. The van der Waals surface area contributed by atoms with Crippen molar-refractivity contribution >= 4 is 33.4 Å². The first-order valence-electron chi connectivity index (χ1n) is 10.9. The molecular weight excluding hydrogens is 447 g/mol. The summed E-state index contributed by atoms with van der Waals surface area (Å²) in [6.07, 6.45) is -2.79. The lowest BCUT2D eigenvalue weighted by atomic mass is 10.1. The molecule has 2 aromatic heterocycles. The van der Waals surface area contributed by atoms with E-state index in [-0.39, 0.29) is 18.0 Å². The van der Waals surface area contributed by atoms with Gasteiger partial charge in [0.05, 0.1) is 11.8 Å². The molecule has 7 nitrogen and oxygen atoms in total. The first kappa shape index (κ1) is 22.0. The fourth-order valence-corrected chi connectivity index (χ4v) is 4.55. The van der Waals surface area contributed by atoms with Gasteiger partial charge in [-0.3, -0.25) is 9.59 Å². The molecule has 3 heterocycles. The molecule has 5 rings (SSSR count). The van der Waals surface area contributed by atoms with Crippen LogP contribution in [0.2, 0.25) is 0 Å². The van der Waals surface area contributed by atoms with Crippen LogP contribution in [0.3, 0.4) is 0 Å². The van der Waals surface area contributed by atoms with Gasteiger partial charge in [-0.15, -0.1) is 0 Å². The van der Waals surface area contributed by atoms with Crippen molar-refractivity contribution in [2.75, 3.05) is 31.1 Å². The summed E-state index contributed by atoms with van der Waals surface area (Å²) in [6, 6.07) is 12.8. The van der Waals surface area contributed by atoms with E-state index in [1.54, 1.807) is 17.2 Å². The lowest BCUT2D eigenvalue weighted by molar-refractivity contribution is -0.137. The second-order valence-corrected chi connectivity index (χ2v) is 8.36. The van der Waals surface area contributed by atoms with Crippen LogP contribution < -0.4 is 10.5 Å². The number of fused-ring (bicyclic) bond motifs is 3. The van der Waals surface area contributed by atoms with E-state index in [4.69, 9.17) is 0 Å². The Morgan fingerprint density at radius 1 is 1.00 bits per heavy atom. The Hall–Kier alpha value is -3.82. The summed E-state index contributed by atoms with van der Waals surface area (Å²) in [5, 5.41) is 5.89. The molecule has 1 aliphatic heterocycles. The molecule has 176 valence electrons. The summed E-state index contributed by atoms with van der Waals surface area (Å²) in [5.41, 5.74) is 0.829. The minimum absolute atomic E-state index is 0.195. The van der Waals surface area contributed by atoms with E-state index in [1.807, 2.05) is 40.8 Å². The number of aryl methyl sites for hydroxylation is 1. The number of carbonyl (C=O) groups excluding carboxylic acids is 1. The van der Waals surface area contributed by atoms with Gasteiger partial charge >= 0.3 is 6.18 Å². The van der Waals surface area contributed by atoms with E-state index < -0.39 is 11.7 Å². The first-order valence-corrected chi connectivity index (χ1v) is 10.9. The number of alkyl halides is 3. The number of rotatable bonds is 3. The third kappa shape index (κ3) is 3.78. The van der Waals surface area contributed by atoms with Crippen molar-refractivity contribution in [3.05, 3.63) is 70.6 Å². The molecule has 34 heavy (non-hydrogen) atoms. The van der Waals surface area contributed by atoms with Crippen LogP contribution in [0.5, 0.6) is 0 Å². The highest BCUT2D eigenvalue weighted by atomic mass is 19.4. The van der Waals surface area contributed by atoms with E-state index in [9.17, 15) is 22.8 Å². The fourth-order valence-electron chi connectivity index (χ4n) is 4.55. The highest BCUT2D eigenvalue weighted by molar-refractivity contribution is 6.07. The normalized spacial score (nSPS) is 14.8. The van der Waals surface area contributed by atoms with Gasteiger partial charge in [0.15, 0.2) is 0 Å². The average molecular weight is 469 g/mol. The molecule has 0 saturated carbocycles. The first-order chi connectivity index (χ1) is 16.2. The third-order valence-electron chi connectivity index (χ3n) is 6.37. The molecule has 0 atom stereocenters. The number of halogens is 3. The van der Waals surface area contributed by atoms with Gasteiger partial charge in [0.2, 0.25) is 5.91 Å². The Morgan fingerprint density at radius 3 is 2.47 bits per heavy atom. The van der Waals surface area contributed by atoms with Crippen molar-refractivity contribution in [1.29, 1.82) is 0 Å². The molecule has 1 saturated heterocycles. The predicted molar refractivity (Wildman–Crippen MR) is 123 cm³/mol. The van der Waals surface area contributed by atoms with E-state index in [0.29, 0.717) is 37.4 Å². The van der Waals surface area contributed by atoms with Gasteiger partial charge in [0, 0.05) is 55.2 Å². The number of para-hydroxylation sites is 1. The molecule has 1 amide bonds. The van der Waals surface area contributed by atoms with Gasteiger partial charge < -0.3 is 14.4 Å². The van der Waals surface area contributed by atoms with Gasteiger partial charge in [0.1, 0.15) is 12.1 Å². The van der Waals surface area contributed by atoms with E-state index >= 15 is 0 Å².